The molecule has 0 aromatic heterocycles. The first kappa shape index (κ1) is 22.9. The van der Waals surface area contributed by atoms with Gasteiger partial charge in [-0.2, -0.15) is 10.2 Å². The number of rotatable bonds is 6. The lowest BCUT2D eigenvalue weighted by molar-refractivity contribution is -0.136. The summed E-state index contributed by atoms with van der Waals surface area (Å²) < 4.78 is 5.50. The van der Waals surface area contributed by atoms with E-state index in [9.17, 15) is 9.59 Å². The van der Waals surface area contributed by atoms with Crippen molar-refractivity contribution in [1.29, 1.82) is 0 Å². The fourth-order valence-electron chi connectivity index (χ4n) is 3.92. The van der Waals surface area contributed by atoms with Gasteiger partial charge < -0.3 is 10.1 Å². The minimum absolute atomic E-state index is 0.0193. The average molecular weight is 459 g/mol. The highest BCUT2D eigenvalue weighted by atomic mass is 16.5. The summed E-state index contributed by atoms with van der Waals surface area (Å²) in [5.74, 6) is -0.936. The molecule has 2 aromatic rings. The van der Waals surface area contributed by atoms with Crippen molar-refractivity contribution < 1.29 is 14.3 Å². The molecule has 1 aliphatic carbocycles. The van der Waals surface area contributed by atoms with Gasteiger partial charge in [-0.05, 0) is 60.9 Å². The van der Waals surface area contributed by atoms with Gasteiger partial charge in [-0.3, -0.25) is 14.6 Å². The van der Waals surface area contributed by atoms with E-state index in [4.69, 9.17) is 4.74 Å². The van der Waals surface area contributed by atoms with Crippen LogP contribution in [0.2, 0.25) is 0 Å². The molecule has 0 fully saturated rings. The van der Waals surface area contributed by atoms with Crippen molar-refractivity contribution in [2.45, 2.75) is 32.5 Å². The Balaban J connectivity index is 1.38. The predicted molar refractivity (Wildman–Crippen MR) is 130 cm³/mol. The topological polar surface area (TPSA) is 108 Å². The molecule has 2 atom stereocenters. The highest BCUT2D eigenvalue weighted by molar-refractivity contribution is 6.39. The molecular weight excluding hydrogens is 432 g/mol. The van der Waals surface area contributed by atoms with Crippen LogP contribution < -0.4 is 15.5 Å². The minimum atomic E-state index is -0.857. The number of aryl methyl sites for hydroxylation is 2. The molecule has 0 saturated carbocycles. The molecule has 1 heterocycles. The number of hydrogen-bond donors (Lipinski definition) is 2. The van der Waals surface area contributed by atoms with E-state index in [1.165, 1.54) is 6.21 Å². The van der Waals surface area contributed by atoms with Gasteiger partial charge in [-0.15, -0.1) is 0 Å². The predicted octanol–water partition coefficient (Wildman–Crippen LogP) is 3.45. The maximum absolute atomic E-state index is 12.2. The maximum atomic E-state index is 12.2. The SMILES string of the molecule is COc1ccc(C=NNC(=O)C(=O)Nc2cc(C)cc(C)c2)cc1CN1N=NC2C=CC=CC21. The van der Waals surface area contributed by atoms with Crippen LogP contribution in [0.3, 0.4) is 0 Å². The average Bonchev–Trinajstić information content (AvgIpc) is 3.21. The van der Waals surface area contributed by atoms with Gasteiger partial charge in [-0.1, -0.05) is 35.6 Å². The van der Waals surface area contributed by atoms with Crippen molar-refractivity contribution in [3.8, 4) is 5.75 Å². The van der Waals surface area contributed by atoms with Crippen LogP contribution in [0.4, 0.5) is 5.69 Å². The second-order valence-electron chi connectivity index (χ2n) is 8.15. The summed E-state index contributed by atoms with van der Waals surface area (Å²) in [5.41, 5.74) is 6.44. The van der Waals surface area contributed by atoms with E-state index in [0.29, 0.717) is 18.0 Å². The number of carbonyl (C=O) groups excluding carboxylic acids is 2. The second-order valence-corrected chi connectivity index (χ2v) is 8.15. The number of hydrogen-bond acceptors (Lipinski definition) is 7. The molecule has 0 bridgehead atoms. The standard InChI is InChI=1S/C25H26N6O3/c1-16-10-17(2)12-20(11-16)27-24(32)25(33)29-26-14-18-8-9-23(34-3)19(13-18)15-31-22-7-5-4-6-21(22)28-30-31/h4-14,21-22H,15H2,1-3H3,(H,27,32)(H,29,33). The van der Waals surface area contributed by atoms with Crippen molar-refractivity contribution >= 4 is 23.7 Å². The summed E-state index contributed by atoms with van der Waals surface area (Å²) in [6.07, 6.45) is 9.53. The van der Waals surface area contributed by atoms with Crippen molar-refractivity contribution in [2.75, 3.05) is 12.4 Å². The zero-order chi connectivity index (χ0) is 24.1. The first-order valence-electron chi connectivity index (χ1n) is 10.8. The number of carbonyl (C=O) groups is 2. The summed E-state index contributed by atoms with van der Waals surface area (Å²) in [6, 6.07) is 11.2. The summed E-state index contributed by atoms with van der Waals surface area (Å²) in [7, 11) is 1.61. The van der Waals surface area contributed by atoms with Crippen LogP contribution in [-0.2, 0) is 16.1 Å². The number of fused-ring (bicyclic) bond motifs is 1. The van der Waals surface area contributed by atoms with Crippen LogP contribution in [0.15, 0.2) is 76.1 Å². The number of benzene rings is 2. The Kier molecular flexibility index (Phi) is 6.82. The van der Waals surface area contributed by atoms with E-state index < -0.39 is 11.8 Å². The molecule has 1 aliphatic heterocycles. The highest BCUT2D eigenvalue weighted by Gasteiger charge is 2.30. The van der Waals surface area contributed by atoms with E-state index >= 15 is 0 Å². The van der Waals surface area contributed by atoms with Crippen molar-refractivity contribution in [3.05, 3.63) is 83.0 Å². The summed E-state index contributed by atoms with van der Waals surface area (Å²) in [6.45, 7) is 4.34. The van der Waals surface area contributed by atoms with Crippen molar-refractivity contribution in [1.82, 2.24) is 10.4 Å². The van der Waals surface area contributed by atoms with E-state index in [1.54, 1.807) is 19.2 Å². The molecule has 2 aliphatic rings. The molecule has 34 heavy (non-hydrogen) atoms. The normalized spacial score (nSPS) is 18.3. The molecule has 0 saturated heterocycles. The summed E-state index contributed by atoms with van der Waals surface area (Å²) >= 11 is 0. The summed E-state index contributed by atoms with van der Waals surface area (Å²) in [4.78, 5) is 24.3. The number of amides is 2. The lowest BCUT2D eigenvalue weighted by Gasteiger charge is -2.24. The van der Waals surface area contributed by atoms with Crippen molar-refractivity contribution in [2.24, 2.45) is 15.4 Å². The fraction of sp³-hybridized carbons (Fsp3) is 0.240. The molecule has 2 amide bonds. The van der Waals surface area contributed by atoms with E-state index in [0.717, 1.165) is 22.3 Å². The lowest BCUT2D eigenvalue weighted by Crippen LogP contribution is -2.32. The monoisotopic (exact) mass is 458 g/mol. The molecule has 9 heteroatoms. The summed E-state index contributed by atoms with van der Waals surface area (Å²) in [5, 5.41) is 17.0. The highest BCUT2D eigenvalue weighted by Crippen LogP contribution is 2.28. The molecule has 0 radical (unpaired) electrons. The Labute approximate surface area is 197 Å². The van der Waals surface area contributed by atoms with Crippen LogP contribution in [0, 0.1) is 13.8 Å². The molecular formula is C25H26N6O3. The van der Waals surface area contributed by atoms with Crippen LogP contribution in [0.25, 0.3) is 0 Å². The first-order valence-corrected chi connectivity index (χ1v) is 10.8. The molecule has 2 unspecified atom stereocenters. The zero-order valence-corrected chi connectivity index (χ0v) is 19.2. The molecule has 4 rings (SSSR count). The number of nitrogens with one attached hydrogen (secondary N) is 2. The van der Waals surface area contributed by atoms with E-state index in [-0.39, 0.29) is 12.1 Å². The molecule has 9 nitrogen and oxygen atoms in total. The molecule has 2 N–H and O–H groups in total. The number of nitrogens with zero attached hydrogens (tertiary/aromatic N) is 4. The Bertz CT molecular complexity index is 1200. The van der Waals surface area contributed by atoms with Crippen LogP contribution in [0.5, 0.6) is 5.75 Å². The van der Waals surface area contributed by atoms with Crippen LogP contribution in [0.1, 0.15) is 22.3 Å². The third kappa shape index (κ3) is 5.37. The second kappa shape index (κ2) is 10.1. The Hall–Kier alpha value is -4.27. The number of hydrazone groups is 1. The molecule has 0 spiro atoms. The third-order valence-corrected chi connectivity index (χ3v) is 5.42. The smallest absolute Gasteiger partial charge is 0.329 e. The lowest BCUT2D eigenvalue weighted by atomic mass is 10.0. The van der Waals surface area contributed by atoms with Gasteiger partial charge in [0.25, 0.3) is 0 Å². The zero-order valence-electron chi connectivity index (χ0n) is 19.2. The number of allylic oxidation sites excluding steroid dienone is 2. The van der Waals surface area contributed by atoms with Gasteiger partial charge >= 0.3 is 11.8 Å². The number of methoxy groups -OCH3 is 1. The number of anilines is 1. The fourth-order valence-corrected chi connectivity index (χ4v) is 3.92. The Morgan fingerprint density at radius 2 is 1.85 bits per heavy atom. The third-order valence-electron chi connectivity index (χ3n) is 5.42. The van der Waals surface area contributed by atoms with Gasteiger partial charge in [0.1, 0.15) is 11.8 Å². The van der Waals surface area contributed by atoms with Crippen LogP contribution >= 0.6 is 0 Å². The van der Waals surface area contributed by atoms with Gasteiger partial charge in [0.2, 0.25) is 0 Å². The quantitative estimate of drug-likeness (QED) is 0.393. The largest absolute Gasteiger partial charge is 0.496 e. The van der Waals surface area contributed by atoms with E-state index in [1.807, 2.05) is 61.3 Å². The molecule has 174 valence electrons. The Morgan fingerprint density at radius 1 is 1.09 bits per heavy atom. The molecule has 2 aromatic carbocycles. The first-order chi connectivity index (χ1) is 16.4. The van der Waals surface area contributed by atoms with E-state index in [2.05, 4.69) is 32.3 Å². The van der Waals surface area contributed by atoms with Gasteiger partial charge in [0.15, 0.2) is 0 Å². The Morgan fingerprint density at radius 3 is 2.62 bits per heavy atom. The number of ether oxygens (including phenoxy) is 1. The van der Waals surface area contributed by atoms with Gasteiger partial charge in [-0.25, -0.2) is 5.43 Å². The maximum Gasteiger partial charge on any atom is 0.329 e. The van der Waals surface area contributed by atoms with Crippen LogP contribution in [-0.4, -0.2) is 42.2 Å². The van der Waals surface area contributed by atoms with Gasteiger partial charge in [0.05, 0.1) is 25.9 Å². The van der Waals surface area contributed by atoms with Gasteiger partial charge in [0, 0.05) is 11.3 Å². The minimum Gasteiger partial charge on any atom is -0.496 e. The van der Waals surface area contributed by atoms with Crippen molar-refractivity contribution in [3.63, 3.8) is 0 Å².